The highest BCUT2D eigenvalue weighted by Crippen LogP contribution is 2.25. The molecule has 4 nitrogen and oxygen atoms in total. The fourth-order valence-corrected chi connectivity index (χ4v) is 4.27. The first kappa shape index (κ1) is 28.7. The molecule has 1 fully saturated rings. The number of benzene rings is 2. The molecule has 0 aromatic heterocycles. The van der Waals surface area contributed by atoms with Crippen LogP contribution in [0.2, 0.25) is 15.1 Å². The van der Waals surface area contributed by atoms with Gasteiger partial charge in [-0.1, -0.05) is 58.7 Å². The molecule has 0 radical (unpaired) electrons. The summed E-state index contributed by atoms with van der Waals surface area (Å²) in [6, 6.07) is 13.2. The van der Waals surface area contributed by atoms with E-state index in [-0.39, 0.29) is 30.1 Å². The minimum Gasteiger partial charge on any atom is -0.317 e. The quantitative estimate of drug-likeness (QED) is 0.382. The van der Waals surface area contributed by atoms with Gasteiger partial charge in [0.05, 0.1) is 10.0 Å². The lowest BCUT2D eigenvalue weighted by molar-refractivity contribution is 0.127. The van der Waals surface area contributed by atoms with Gasteiger partial charge in [-0.05, 0) is 48.9 Å². The van der Waals surface area contributed by atoms with Crippen molar-refractivity contribution in [1.29, 1.82) is 0 Å². The Labute approximate surface area is 215 Å². The second-order valence-electron chi connectivity index (χ2n) is 6.99. The van der Waals surface area contributed by atoms with Gasteiger partial charge in [-0.25, -0.2) is 0 Å². The van der Waals surface area contributed by atoms with Crippen LogP contribution < -0.4 is 5.32 Å². The van der Waals surface area contributed by atoms with Crippen molar-refractivity contribution in [2.24, 2.45) is 0 Å². The molecule has 2 aromatic rings. The van der Waals surface area contributed by atoms with Crippen molar-refractivity contribution in [1.82, 2.24) is 9.80 Å². The molecule has 31 heavy (non-hydrogen) atoms. The van der Waals surface area contributed by atoms with Crippen molar-refractivity contribution in [2.75, 3.05) is 43.8 Å². The second kappa shape index (κ2) is 14.7. The van der Waals surface area contributed by atoms with Crippen LogP contribution in [-0.2, 0) is 6.54 Å². The molecule has 0 spiro atoms. The van der Waals surface area contributed by atoms with Gasteiger partial charge in [0.2, 0.25) is 0 Å². The van der Waals surface area contributed by atoms with Gasteiger partial charge in [0, 0.05) is 49.2 Å². The van der Waals surface area contributed by atoms with Crippen molar-refractivity contribution >= 4 is 82.3 Å². The van der Waals surface area contributed by atoms with Gasteiger partial charge in [-0.2, -0.15) is 0 Å². The summed E-state index contributed by atoms with van der Waals surface area (Å²) in [6.45, 7) is 6.24. The fourth-order valence-electron chi connectivity index (χ4n) is 3.20. The Kier molecular flexibility index (Phi) is 13.6. The Hall–Kier alpha value is -0.370. The number of rotatable bonds is 7. The predicted molar refractivity (Wildman–Crippen MR) is 140 cm³/mol. The summed E-state index contributed by atoms with van der Waals surface area (Å²) in [5.41, 5.74) is 1.96. The molecule has 1 heterocycles. The first-order chi connectivity index (χ1) is 14.0. The largest absolute Gasteiger partial charge is 0.317 e. The van der Waals surface area contributed by atoms with E-state index < -0.39 is 0 Å². The summed E-state index contributed by atoms with van der Waals surface area (Å²) in [6.07, 6.45) is 0.983. The van der Waals surface area contributed by atoms with Gasteiger partial charge in [-0.15, -0.1) is 24.8 Å². The zero-order chi connectivity index (χ0) is 20.6. The summed E-state index contributed by atoms with van der Waals surface area (Å²) >= 11 is 19.1. The number of nitrogens with zero attached hydrogens (tertiary/aromatic N) is 2. The number of nitrogens with one attached hydrogen (secondary N) is 1. The number of anilines is 1. The molecule has 1 saturated heterocycles. The molecule has 1 aliphatic heterocycles. The standard InChI is InChI=1S/C21H24Cl3N3OS.2ClH/c22-17-4-2-16(3-5-17)15-27-11-9-26(10-12-27)8-1-13-29-21(28)25-18-6-7-19(23)20(24)14-18;;/h2-7,14H,1,8-13,15H2,(H,25,28);2*1H. The molecule has 0 saturated carbocycles. The fraction of sp³-hybridized carbons (Fsp3) is 0.381. The normalized spacial score (nSPS) is 14.4. The van der Waals surface area contributed by atoms with Crippen LogP contribution in [0.4, 0.5) is 10.5 Å². The van der Waals surface area contributed by atoms with Gasteiger partial charge in [0.1, 0.15) is 0 Å². The third kappa shape index (κ3) is 9.97. The molecule has 1 aliphatic rings. The molecule has 2 aromatic carbocycles. The number of thioether (sulfide) groups is 1. The first-order valence-electron chi connectivity index (χ1n) is 9.57. The maximum Gasteiger partial charge on any atom is 0.283 e. The van der Waals surface area contributed by atoms with E-state index in [2.05, 4.69) is 27.2 Å². The number of hydrogen-bond donors (Lipinski definition) is 1. The van der Waals surface area contributed by atoms with Crippen LogP contribution in [0.5, 0.6) is 0 Å². The lowest BCUT2D eigenvalue weighted by Crippen LogP contribution is -2.46. The highest BCUT2D eigenvalue weighted by Gasteiger charge is 2.16. The maximum absolute atomic E-state index is 12.0. The Morgan fingerprint density at radius 1 is 0.903 bits per heavy atom. The third-order valence-electron chi connectivity index (χ3n) is 4.80. The summed E-state index contributed by atoms with van der Waals surface area (Å²) in [5.74, 6) is 0.790. The SMILES string of the molecule is Cl.Cl.O=C(Nc1ccc(Cl)c(Cl)c1)SCCCN1CCN(Cc2ccc(Cl)cc2)CC1. The van der Waals surface area contributed by atoms with Crippen LogP contribution in [0.1, 0.15) is 12.0 Å². The maximum atomic E-state index is 12.0. The Morgan fingerprint density at radius 3 is 2.19 bits per heavy atom. The number of piperazine rings is 1. The molecule has 0 bridgehead atoms. The number of halogens is 5. The van der Waals surface area contributed by atoms with Crippen molar-refractivity contribution in [3.63, 3.8) is 0 Å². The lowest BCUT2D eigenvalue weighted by Gasteiger charge is -2.34. The lowest BCUT2D eigenvalue weighted by atomic mass is 10.2. The van der Waals surface area contributed by atoms with E-state index in [4.69, 9.17) is 34.8 Å². The smallest absolute Gasteiger partial charge is 0.283 e. The van der Waals surface area contributed by atoms with E-state index in [0.29, 0.717) is 15.7 Å². The Bertz CT molecular complexity index is 817. The van der Waals surface area contributed by atoms with Gasteiger partial charge >= 0.3 is 0 Å². The minimum absolute atomic E-state index is 0. The molecular formula is C21H26Cl5N3OS. The van der Waals surface area contributed by atoms with Crippen molar-refractivity contribution in [3.8, 4) is 0 Å². The Balaban J connectivity index is 0.00000240. The van der Waals surface area contributed by atoms with E-state index in [1.807, 2.05) is 12.1 Å². The molecule has 1 amide bonds. The molecule has 3 rings (SSSR count). The summed E-state index contributed by atoms with van der Waals surface area (Å²) in [4.78, 5) is 17.0. The van der Waals surface area contributed by atoms with Crippen LogP contribution in [-0.4, -0.2) is 53.5 Å². The van der Waals surface area contributed by atoms with Crippen LogP contribution in [0.15, 0.2) is 42.5 Å². The van der Waals surface area contributed by atoms with E-state index in [1.165, 1.54) is 17.3 Å². The van der Waals surface area contributed by atoms with Gasteiger partial charge in [-0.3, -0.25) is 9.69 Å². The van der Waals surface area contributed by atoms with Crippen LogP contribution in [0, 0.1) is 0 Å². The minimum atomic E-state index is -0.0730. The molecule has 172 valence electrons. The Morgan fingerprint density at radius 2 is 1.55 bits per heavy atom. The first-order valence-corrected chi connectivity index (χ1v) is 11.7. The molecule has 10 heteroatoms. The average Bonchev–Trinajstić information content (AvgIpc) is 2.71. The van der Waals surface area contributed by atoms with E-state index in [1.54, 1.807) is 18.2 Å². The highest BCUT2D eigenvalue weighted by atomic mass is 35.5. The zero-order valence-corrected chi connectivity index (χ0v) is 21.6. The zero-order valence-electron chi connectivity index (χ0n) is 16.9. The van der Waals surface area contributed by atoms with Gasteiger partial charge in [0.15, 0.2) is 0 Å². The van der Waals surface area contributed by atoms with Crippen molar-refractivity contribution in [3.05, 3.63) is 63.1 Å². The number of amides is 1. The molecular weight excluding hydrogens is 520 g/mol. The third-order valence-corrected chi connectivity index (χ3v) is 6.65. The van der Waals surface area contributed by atoms with Crippen LogP contribution in [0.25, 0.3) is 0 Å². The summed E-state index contributed by atoms with van der Waals surface area (Å²) in [5, 5.41) is 4.45. The molecule has 0 aliphatic carbocycles. The number of carbonyl (C=O) groups is 1. The number of hydrogen-bond acceptors (Lipinski definition) is 4. The molecule has 0 atom stereocenters. The molecule has 1 N–H and O–H groups in total. The van der Waals surface area contributed by atoms with E-state index in [0.717, 1.165) is 56.5 Å². The monoisotopic (exact) mass is 543 g/mol. The summed E-state index contributed by atoms with van der Waals surface area (Å²) < 4.78 is 0. The summed E-state index contributed by atoms with van der Waals surface area (Å²) in [7, 11) is 0. The highest BCUT2D eigenvalue weighted by molar-refractivity contribution is 8.13. The van der Waals surface area contributed by atoms with Crippen LogP contribution >= 0.6 is 71.4 Å². The second-order valence-corrected chi connectivity index (χ2v) is 9.31. The molecule has 0 unspecified atom stereocenters. The van der Waals surface area contributed by atoms with Crippen LogP contribution in [0.3, 0.4) is 0 Å². The van der Waals surface area contributed by atoms with Crippen molar-refractivity contribution in [2.45, 2.75) is 13.0 Å². The van der Waals surface area contributed by atoms with Gasteiger partial charge in [0.25, 0.3) is 5.24 Å². The average molecular weight is 546 g/mol. The topological polar surface area (TPSA) is 35.6 Å². The van der Waals surface area contributed by atoms with Gasteiger partial charge < -0.3 is 10.2 Å². The van der Waals surface area contributed by atoms with E-state index in [9.17, 15) is 4.79 Å². The van der Waals surface area contributed by atoms with E-state index >= 15 is 0 Å². The van der Waals surface area contributed by atoms with Crippen molar-refractivity contribution < 1.29 is 4.79 Å². The number of carbonyl (C=O) groups excluding carboxylic acids is 1. The predicted octanol–water partition coefficient (Wildman–Crippen LogP) is 6.96.